The molecule has 20 nitrogen and oxygen atoms in total. The molecule has 4 aliphatic heterocycles. The molecule has 0 unspecified atom stereocenters. The lowest BCUT2D eigenvalue weighted by atomic mass is 10.1. The normalized spacial score (nSPS) is 17.4. The van der Waals surface area contributed by atoms with Crippen LogP contribution in [0.1, 0.15) is 74.1 Å². The minimum Gasteiger partial charge on any atom is -0.394 e. The largest absolute Gasteiger partial charge is 0.394 e. The number of aliphatic hydroxyl groups excluding tert-OH is 2. The van der Waals surface area contributed by atoms with Crippen molar-refractivity contribution in [1.29, 1.82) is 0 Å². The number of carbonyl (C=O) groups is 4. The van der Waals surface area contributed by atoms with Crippen LogP contribution in [0.4, 0.5) is 21.5 Å². The lowest BCUT2D eigenvalue weighted by molar-refractivity contribution is -0.126. The fraction of sp³-hybridized carbons (Fsp3) is 0.407. The Hall–Kier alpha value is -6.36. The number of anilines is 2. The van der Waals surface area contributed by atoms with Gasteiger partial charge in [0, 0.05) is 109 Å². The number of rotatable bonds is 16. The molecule has 24 heteroatoms. The monoisotopic (exact) mass is 1140 g/mol. The molecule has 4 aromatic heterocycles. The number of fused-ring (bicyclic) bond motifs is 2. The summed E-state index contributed by atoms with van der Waals surface area (Å²) in [6.07, 6.45) is 11.1. The van der Waals surface area contributed by atoms with E-state index in [0.29, 0.717) is 118 Å². The van der Waals surface area contributed by atoms with Gasteiger partial charge in [0.05, 0.1) is 59.1 Å². The van der Waals surface area contributed by atoms with Crippen LogP contribution in [0.15, 0.2) is 85.5 Å². The molecule has 4 aliphatic rings. The van der Waals surface area contributed by atoms with Crippen molar-refractivity contribution in [3.63, 3.8) is 0 Å². The summed E-state index contributed by atoms with van der Waals surface area (Å²) in [5, 5.41) is 33.8. The predicted molar refractivity (Wildman–Crippen MR) is 296 cm³/mol. The minimum absolute atomic E-state index is 0.224. The molecule has 8 heterocycles. The van der Waals surface area contributed by atoms with Gasteiger partial charge in [-0.1, -0.05) is 70.7 Å². The maximum atomic E-state index is 13.4. The smallest absolute Gasteiger partial charge is 0.329 e. The number of amides is 4. The average molecular weight is 1150 g/mol. The van der Waals surface area contributed by atoms with Crippen molar-refractivity contribution in [3.8, 4) is 22.5 Å². The zero-order valence-corrected chi connectivity index (χ0v) is 45.9. The second-order valence-electron chi connectivity index (χ2n) is 19.4. The van der Waals surface area contributed by atoms with E-state index in [1.165, 1.54) is 18.9 Å². The van der Waals surface area contributed by atoms with Crippen LogP contribution in [-0.2, 0) is 31.9 Å². The third kappa shape index (κ3) is 13.2. The van der Waals surface area contributed by atoms with Gasteiger partial charge < -0.3 is 50.8 Å². The zero-order chi connectivity index (χ0) is 55.0. The summed E-state index contributed by atoms with van der Waals surface area (Å²) in [4.78, 5) is 74.0. The number of hydrogen-bond acceptors (Lipinski definition) is 14. The number of nitrogens with zero attached hydrogens (tertiary/aromatic N) is 8. The van der Waals surface area contributed by atoms with Crippen molar-refractivity contribution in [3.05, 3.63) is 128 Å². The van der Waals surface area contributed by atoms with Gasteiger partial charge >= 0.3 is 12.1 Å². The molecule has 0 aliphatic carbocycles. The van der Waals surface area contributed by atoms with E-state index in [-0.39, 0.29) is 49.2 Å². The maximum Gasteiger partial charge on any atom is 0.329 e. The molecule has 6 N–H and O–H groups in total. The first kappa shape index (κ1) is 56.4. The third-order valence-corrected chi connectivity index (χ3v) is 15.3. The summed E-state index contributed by atoms with van der Waals surface area (Å²) in [6, 6.07) is 14.7. The van der Waals surface area contributed by atoms with E-state index < -0.39 is 24.2 Å². The van der Waals surface area contributed by atoms with Crippen LogP contribution in [0, 0.1) is 0 Å². The van der Waals surface area contributed by atoms with Crippen molar-refractivity contribution in [2.75, 3.05) is 63.4 Å². The number of ether oxygens (including phenoxy) is 2. The van der Waals surface area contributed by atoms with Gasteiger partial charge in [0.15, 0.2) is 0 Å². The maximum absolute atomic E-state index is 13.4. The van der Waals surface area contributed by atoms with Crippen LogP contribution in [0.5, 0.6) is 0 Å². The standard InChI is InChI=1S/2C27H30Cl2N6O4/c2*1-16(25(37)32-23(15-36)17-3-2-4-19(28)11-17)34-8-5-21-12-18(14-35(21)27(34)38)24-22(29)13-30-26(33-24)31-20-6-9-39-10-7-20/h2*2-4,11-14,16,20,23,36H,5-10,15H2,1H3,(H,32,37)(H,30,31,33)/t16-,23+;16-,23-/m01/s1. The van der Waals surface area contributed by atoms with E-state index in [1.807, 2.05) is 12.1 Å². The van der Waals surface area contributed by atoms with E-state index in [1.54, 1.807) is 87.2 Å². The Kier molecular flexibility index (Phi) is 18.5. The number of benzene rings is 2. The molecule has 4 atom stereocenters. The van der Waals surface area contributed by atoms with Gasteiger partial charge in [0.2, 0.25) is 23.7 Å². The fourth-order valence-corrected chi connectivity index (χ4v) is 10.6. The lowest BCUT2D eigenvalue weighted by Crippen LogP contribution is -2.52. The van der Waals surface area contributed by atoms with Crippen LogP contribution in [-0.4, -0.2) is 150 Å². The Morgan fingerprint density at radius 3 is 1.40 bits per heavy atom. The van der Waals surface area contributed by atoms with Crippen LogP contribution < -0.4 is 21.3 Å². The Morgan fingerprint density at radius 1 is 0.628 bits per heavy atom. The molecule has 10 rings (SSSR count). The number of hydrogen-bond donors (Lipinski definition) is 6. The highest BCUT2D eigenvalue weighted by Crippen LogP contribution is 2.33. The van der Waals surface area contributed by atoms with Gasteiger partial charge in [-0.05, 0) is 87.1 Å². The Labute approximate surface area is 470 Å². The first-order valence-corrected chi connectivity index (χ1v) is 27.3. The molecule has 0 spiro atoms. The van der Waals surface area contributed by atoms with Crippen LogP contribution in [0.2, 0.25) is 20.1 Å². The highest BCUT2D eigenvalue weighted by Gasteiger charge is 2.35. The molecule has 6 aromatic rings. The van der Waals surface area contributed by atoms with Crippen molar-refractivity contribution in [2.45, 2.75) is 88.6 Å². The second-order valence-corrected chi connectivity index (χ2v) is 21.1. The van der Waals surface area contributed by atoms with Crippen molar-refractivity contribution >= 4 is 82.2 Å². The quantitative estimate of drug-likeness (QED) is 0.0542. The molecular formula is C54H60Cl4N12O8. The summed E-state index contributed by atoms with van der Waals surface area (Å²) >= 11 is 25.1. The molecule has 0 bridgehead atoms. The number of nitrogens with one attached hydrogen (secondary N) is 4. The van der Waals surface area contributed by atoms with Crippen molar-refractivity contribution in [1.82, 2.24) is 49.5 Å². The molecule has 2 saturated heterocycles. The van der Waals surface area contributed by atoms with E-state index >= 15 is 0 Å². The summed E-state index contributed by atoms with van der Waals surface area (Å²) in [7, 11) is 0. The summed E-state index contributed by atoms with van der Waals surface area (Å²) < 4.78 is 13.9. The average Bonchev–Trinajstić information content (AvgIpc) is 4.20. The fourth-order valence-electron chi connectivity index (χ4n) is 9.78. The molecule has 0 radical (unpaired) electrons. The lowest BCUT2D eigenvalue weighted by Gasteiger charge is -2.33. The summed E-state index contributed by atoms with van der Waals surface area (Å²) in [5.74, 6) is 0.200. The minimum atomic E-state index is -0.761. The second kappa shape index (κ2) is 25.6. The number of aromatic nitrogens is 6. The van der Waals surface area contributed by atoms with Gasteiger partial charge in [0.25, 0.3) is 0 Å². The van der Waals surface area contributed by atoms with E-state index in [9.17, 15) is 29.4 Å². The number of halogens is 4. The van der Waals surface area contributed by atoms with Crippen LogP contribution in [0.3, 0.4) is 0 Å². The predicted octanol–water partition coefficient (Wildman–Crippen LogP) is 7.81. The van der Waals surface area contributed by atoms with E-state index in [2.05, 4.69) is 41.2 Å². The van der Waals surface area contributed by atoms with Gasteiger partial charge in [-0.2, -0.15) is 0 Å². The van der Waals surface area contributed by atoms with E-state index in [0.717, 1.165) is 37.1 Å². The summed E-state index contributed by atoms with van der Waals surface area (Å²) in [5.41, 5.74) is 5.42. The Bertz CT molecular complexity index is 2920. The topological polar surface area (TPSA) is 243 Å². The van der Waals surface area contributed by atoms with Gasteiger partial charge in [-0.15, -0.1) is 0 Å². The Balaban J connectivity index is 0.000000190. The summed E-state index contributed by atoms with van der Waals surface area (Å²) in [6.45, 7) is 6.25. The highest BCUT2D eigenvalue weighted by atomic mass is 35.5. The third-order valence-electron chi connectivity index (χ3n) is 14.3. The molecule has 78 heavy (non-hydrogen) atoms. The van der Waals surface area contributed by atoms with Gasteiger partial charge in [-0.25, -0.2) is 29.5 Å². The van der Waals surface area contributed by atoms with Crippen molar-refractivity contribution in [2.24, 2.45) is 0 Å². The first-order chi connectivity index (χ1) is 37.7. The molecule has 4 amide bonds. The van der Waals surface area contributed by atoms with Gasteiger partial charge in [-0.3, -0.25) is 18.7 Å². The number of carbonyl (C=O) groups excluding carboxylic acids is 4. The number of aliphatic hydroxyl groups is 2. The SMILES string of the molecule is C[C@@H](C(=O)N[C@H](CO)c1cccc(Cl)c1)N1CCc2cc(-c3nc(NC4CCOCC4)ncc3Cl)cn2C1=O.C[C@H](C(=O)N[C@H](CO)c1cccc(Cl)c1)N1CCc2cc(-c3nc(NC4CCOCC4)ncc3Cl)cn2C1=O. The molecule has 2 fully saturated rings. The molecular weight excluding hydrogens is 1090 g/mol. The first-order valence-electron chi connectivity index (χ1n) is 25.8. The van der Waals surface area contributed by atoms with E-state index in [4.69, 9.17) is 55.9 Å². The van der Waals surface area contributed by atoms with Gasteiger partial charge in [0.1, 0.15) is 12.1 Å². The molecule has 0 saturated carbocycles. The molecule has 412 valence electrons. The highest BCUT2D eigenvalue weighted by molar-refractivity contribution is 6.33. The molecule has 2 aromatic carbocycles. The van der Waals surface area contributed by atoms with Crippen LogP contribution in [0.25, 0.3) is 22.5 Å². The van der Waals surface area contributed by atoms with Crippen LogP contribution >= 0.6 is 46.4 Å². The Morgan fingerprint density at radius 2 is 1.03 bits per heavy atom. The van der Waals surface area contributed by atoms with Crippen molar-refractivity contribution < 1.29 is 38.9 Å². The zero-order valence-electron chi connectivity index (χ0n) is 42.9.